The number of pyridine rings is 1. The van der Waals surface area contributed by atoms with E-state index in [9.17, 15) is 10.1 Å². The molecule has 1 heterocycles. The first kappa shape index (κ1) is 11.9. The van der Waals surface area contributed by atoms with Gasteiger partial charge in [-0.1, -0.05) is 0 Å². The van der Waals surface area contributed by atoms with E-state index in [0.29, 0.717) is 5.82 Å². The Balaban J connectivity index is 2.77. The maximum absolute atomic E-state index is 10.4. The number of rotatable bonds is 4. The van der Waals surface area contributed by atoms with E-state index in [0.717, 1.165) is 0 Å². The quantitative estimate of drug-likeness (QED) is 0.328. The zero-order valence-electron chi connectivity index (χ0n) is 9.36. The van der Waals surface area contributed by atoms with Gasteiger partial charge in [0.05, 0.1) is 4.92 Å². The van der Waals surface area contributed by atoms with Gasteiger partial charge in [0.2, 0.25) is 0 Å². The van der Waals surface area contributed by atoms with Crippen LogP contribution in [0.5, 0.6) is 0 Å². The second-order valence-corrected chi connectivity index (χ2v) is 3.35. The fourth-order valence-corrected chi connectivity index (χ4v) is 0.918. The lowest BCUT2D eigenvalue weighted by Gasteiger charge is -2.12. The lowest BCUT2D eigenvalue weighted by Crippen LogP contribution is -2.15. The van der Waals surface area contributed by atoms with Crippen LogP contribution in [-0.2, 0) is 0 Å². The fourth-order valence-electron chi connectivity index (χ4n) is 0.918. The normalized spacial score (nSPS) is 10.4. The third-order valence-electron chi connectivity index (χ3n) is 1.73. The van der Waals surface area contributed by atoms with Crippen molar-refractivity contribution in [1.29, 1.82) is 0 Å². The van der Waals surface area contributed by atoms with Gasteiger partial charge >= 0.3 is 0 Å². The van der Waals surface area contributed by atoms with Gasteiger partial charge in [-0.25, -0.2) is 9.99 Å². The largest absolute Gasteiger partial charge is 0.367 e. The second kappa shape index (κ2) is 5.06. The number of anilines is 1. The average Bonchev–Trinajstić information content (AvgIpc) is 2.26. The molecule has 0 aliphatic heterocycles. The summed E-state index contributed by atoms with van der Waals surface area (Å²) < 4.78 is 0. The number of hydrogen-bond acceptors (Lipinski definition) is 5. The number of hydrazone groups is 1. The van der Waals surface area contributed by atoms with Crippen LogP contribution in [0.2, 0.25) is 0 Å². The molecule has 0 atom stereocenters. The molecule has 0 amide bonds. The van der Waals surface area contributed by atoms with Gasteiger partial charge in [-0.15, -0.1) is 0 Å². The molecule has 0 spiro atoms. The summed E-state index contributed by atoms with van der Waals surface area (Å²) in [4.78, 5) is 15.6. The summed E-state index contributed by atoms with van der Waals surface area (Å²) in [7, 11) is 5.41. The third kappa shape index (κ3) is 3.19. The van der Waals surface area contributed by atoms with Crippen molar-refractivity contribution in [3.63, 3.8) is 0 Å². The molecule has 0 aromatic carbocycles. The fraction of sp³-hybridized carbons (Fsp3) is 0.333. The van der Waals surface area contributed by atoms with Crippen LogP contribution >= 0.6 is 0 Å². The van der Waals surface area contributed by atoms with Crippen LogP contribution in [0.15, 0.2) is 23.4 Å². The van der Waals surface area contributed by atoms with Crippen LogP contribution in [0.3, 0.4) is 0 Å². The van der Waals surface area contributed by atoms with Gasteiger partial charge < -0.3 is 4.90 Å². The summed E-state index contributed by atoms with van der Waals surface area (Å²) in [5.74, 6) is 0.545. The molecule has 0 radical (unpaired) electrons. The van der Waals surface area contributed by atoms with Crippen LogP contribution in [0.25, 0.3) is 0 Å². The van der Waals surface area contributed by atoms with Crippen molar-refractivity contribution in [2.24, 2.45) is 5.10 Å². The van der Waals surface area contributed by atoms with Crippen molar-refractivity contribution in [2.75, 3.05) is 26.2 Å². The van der Waals surface area contributed by atoms with Gasteiger partial charge in [0.25, 0.3) is 5.69 Å². The molecule has 0 unspecified atom stereocenters. The monoisotopic (exact) mass is 223 g/mol. The Morgan fingerprint density at radius 2 is 2.12 bits per heavy atom. The summed E-state index contributed by atoms with van der Waals surface area (Å²) >= 11 is 0. The number of hydrogen-bond donors (Lipinski definition) is 0. The Labute approximate surface area is 93.1 Å². The molecule has 0 saturated carbocycles. The molecule has 0 fully saturated rings. The minimum Gasteiger partial charge on any atom is -0.367 e. The highest BCUT2D eigenvalue weighted by atomic mass is 16.6. The molecule has 0 saturated heterocycles. The first-order chi connectivity index (χ1) is 7.50. The smallest absolute Gasteiger partial charge is 0.287 e. The molecule has 0 bridgehead atoms. The summed E-state index contributed by atoms with van der Waals surface area (Å²) in [6, 6.07) is 2.94. The van der Waals surface area contributed by atoms with Crippen LogP contribution in [0.1, 0.15) is 0 Å². The van der Waals surface area contributed by atoms with E-state index in [1.165, 1.54) is 17.3 Å². The van der Waals surface area contributed by atoms with Gasteiger partial charge in [-0.3, -0.25) is 10.1 Å². The molecule has 16 heavy (non-hydrogen) atoms. The van der Waals surface area contributed by atoms with Crippen LogP contribution in [0, 0.1) is 10.1 Å². The topological polar surface area (TPSA) is 74.9 Å². The SMILES string of the molecule is CN(C)C=NN(C)c1ccc([N+](=O)[O-])cn1. The van der Waals surface area contributed by atoms with Crippen LogP contribution in [-0.4, -0.2) is 42.3 Å². The molecule has 0 N–H and O–H groups in total. The maximum atomic E-state index is 10.4. The first-order valence-corrected chi connectivity index (χ1v) is 4.55. The minimum atomic E-state index is -0.486. The number of aromatic nitrogens is 1. The van der Waals surface area contributed by atoms with Crippen molar-refractivity contribution in [3.8, 4) is 0 Å². The van der Waals surface area contributed by atoms with Gasteiger partial charge in [-0.2, -0.15) is 5.10 Å². The van der Waals surface area contributed by atoms with E-state index in [-0.39, 0.29) is 5.69 Å². The van der Waals surface area contributed by atoms with E-state index < -0.39 is 4.92 Å². The summed E-state index contributed by atoms with van der Waals surface area (Å²) in [6.45, 7) is 0. The molecular formula is C9H13N5O2. The van der Waals surface area contributed by atoms with E-state index in [2.05, 4.69) is 10.1 Å². The zero-order chi connectivity index (χ0) is 12.1. The van der Waals surface area contributed by atoms with Gasteiger partial charge in [0.15, 0.2) is 0 Å². The van der Waals surface area contributed by atoms with E-state index in [1.807, 2.05) is 14.1 Å². The predicted octanol–water partition coefficient (Wildman–Crippen LogP) is 0.931. The second-order valence-electron chi connectivity index (χ2n) is 3.35. The molecular weight excluding hydrogens is 210 g/mol. The lowest BCUT2D eigenvalue weighted by molar-refractivity contribution is -0.385. The predicted molar refractivity (Wildman–Crippen MR) is 61.5 cm³/mol. The zero-order valence-corrected chi connectivity index (χ0v) is 9.36. The lowest BCUT2D eigenvalue weighted by atomic mass is 10.4. The molecule has 86 valence electrons. The molecule has 0 aliphatic carbocycles. The molecule has 1 aromatic heterocycles. The highest BCUT2D eigenvalue weighted by molar-refractivity contribution is 5.56. The molecule has 1 aromatic rings. The Hall–Kier alpha value is -2.18. The Kier molecular flexibility index (Phi) is 3.76. The van der Waals surface area contributed by atoms with Crippen LogP contribution in [0.4, 0.5) is 11.5 Å². The van der Waals surface area contributed by atoms with Gasteiger partial charge in [0.1, 0.15) is 18.4 Å². The number of nitrogens with zero attached hydrogens (tertiary/aromatic N) is 5. The van der Waals surface area contributed by atoms with Crippen molar-refractivity contribution < 1.29 is 4.92 Å². The minimum absolute atomic E-state index is 0.0336. The molecule has 0 aliphatic rings. The van der Waals surface area contributed by atoms with Crippen molar-refractivity contribution in [3.05, 3.63) is 28.4 Å². The molecule has 1 rings (SSSR count). The van der Waals surface area contributed by atoms with Crippen molar-refractivity contribution in [2.45, 2.75) is 0 Å². The van der Waals surface area contributed by atoms with Gasteiger partial charge in [-0.05, 0) is 6.07 Å². The van der Waals surface area contributed by atoms with E-state index in [4.69, 9.17) is 0 Å². The van der Waals surface area contributed by atoms with E-state index >= 15 is 0 Å². The molecule has 7 heteroatoms. The van der Waals surface area contributed by atoms with Crippen molar-refractivity contribution in [1.82, 2.24) is 9.88 Å². The summed E-state index contributed by atoms with van der Waals surface area (Å²) in [6.07, 6.45) is 2.82. The maximum Gasteiger partial charge on any atom is 0.287 e. The summed E-state index contributed by atoms with van der Waals surface area (Å²) in [5.41, 5.74) is -0.0336. The van der Waals surface area contributed by atoms with Gasteiger partial charge in [0, 0.05) is 27.2 Å². The molecule has 7 nitrogen and oxygen atoms in total. The highest BCUT2D eigenvalue weighted by Gasteiger charge is 2.06. The van der Waals surface area contributed by atoms with Crippen LogP contribution < -0.4 is 5.01 Å². The highest BCUT2D eigenvalue weighted by Crippen LogP contribution is 2.14. The summed E-state index contributed by atoms with van der Waals surface area (Å²) in [5, 5.41) is 16.0. The van der Waals surface area contributed by atoms with Crippen molar-refractivity contribution >= 4 is 17.8 Å². The standard InChI is InChI=1S/C9H13N5O2/c1-12(2)7-11-13(3)9-5-4-8(6-10-9)14(15)16/h4-7H,1-3H3. The first-order valence-electron chi connectivity index (χ1n) is 4.55. The van der Waals surface area contributed by atoms with E-state index in [1.54, 1.807) is 24.4 Å². The Bertz CT molecular complexity index is 387. The Morgan fingerprint density at radius 1 is 1.44 bits per heavy atom. The Morgan fingerprint density at radius 3 is 2.56 bits per heavy atom. The average molecular weight is 223 g/mol. The number of nitro groups is 1. The third-order valence-corrected chi connectivity index (χ3v) is 1.73.